The first-order valence-corrected chi connectivity index (χ1v) is 9.12. The number of hydrogen-bond acceptors (Lipinski definition) is 3. The minimum absolute atomic E-state index is 0.154. The van der Waals surface area contributed by atoms with Gasteiger partial charge in [-0.1, -0.05) is 19.1 Å². The lowest BCUT2D eigenvalue weighted by Crippen LogP contribution is -2.38. The Morgan fingerprint density at radius 2 is 1.85 bits per heavy atom. The van der Waals surface area contributed by atoms with Gasteiger partial charge < -0.3 is 15.4 Å². The van der Waals surface area contributed by atoms with Gasteiger partial charge in [0.2, 0.25) is 0 Å². The third kappa shape index (κ3) is 6.43. The van der Waals surface area contributed by atoms with Gasteiger partial charge in [-0.05, 0) is 57.4 Å². The van der Waals surface area contributed by atoms with E-state index < -0.39 is 0 Å². The number of aryl methyl sites for hydroxylation is 2. The number of ether oxygens (including phenoxy) is 1. The van der Waals surface area contributed by atoms with E-state index in [0.717, 1.165) is 29.2 Å². The Kier molecular flexibility index (Phi) is 7.06. The molecule has 6 nitrogen and oxygen atoms in total. The van der Waals surface area contributed by atoms with Crippen molar-refractivity contribution in [2.75, 3.05) is 6.54 Å². The fourth-order valence-corrected chi connectivity index (χ4v) is 2.69. The molecule has 0 spiro atoms. The predicted octanol–water partition coefficient (Wildman–Crippen LogP) is 3.42. The number of carbonyl (C=O) groups excluding carboxylic acids is 1. The molecule has 0 aliphatic rings. The predicted molar refractivity (Wildman–Crippen MR) is 103 cm³/mol. The van der Waals surface area contributed by atoms with Crippen molar-refractivity contribution in [3.8, 4) is 5.75 Å². The highest BCUT2D eigenvalue weighted by molar-refractivity contribution is 5.73. The first-order chi connectivity index (χ1) is 12.3. The van der Waals surface area contributed by atoms with Crippen LogP contribution in [0.1, 0.15) is 37.7 Å². The number of benzene rings is 1. The molecule has 1 aromatic carbocycles. The lowest BCUT2D eigenvalue weighted by molar-refractivity contribution is 0.238. The Hall–Kier alpha value is -2.50. The third-order valence-corrected chi connectivity index (χ3v) is 3.95. The fraction of sp³-hybridized carbons (Fsp3) is 0.500. The van der Waals surface area contributed by atoms with Gasteiger partial charge in [0.05, 0.1) is 11.8 Å². The Balaban J connectivity index is 1.70. The van der Waals surface area contributed by atoms with Gasteiger partial charge in [0.1, 0.15) is 5.75 Å². The summed E-state index contributed by atoms with van der Waals surface area (Å²) in [6.07, 6.45) is 0.154. The maximum Gasteiger partial charge on any atom is 0.315 e. The van der Waals surface area contributed by atoms with Crippen molar-refractivity contribution in [2.45, 2.75) is 53.8 Å². The lowest BCUT2D eigenvalue weighted by Gasteiger charge is -2.15. The SMILES string of the molecule is Cc1cc(C)n(CC(C)CNC(=O)NCc2ccc(OC(C)C)cc2)n1. The molecule has 1 aromatic heterocycles. The summed E-state index contributed by atoms with van der Waals surface area (Å²) < 4.78 is 7.60. The van der Waals surface area contributed by atoms with Gasteiger partial charge >= 0.3 is 6.03 Å². The van der Waals surface area contributed by atoms with E-state index in [1.165, 1.54) is 0 Å². The second-order valence-electron chi connectivity index (χ2n) is 7.09. The van der Waals surface area contributed by atoms with Crippen LogP contribution in [-0.4, -0.2) is 28.5 Å². The Morgan fingerprint density at radius 3 is 2.42 bits per heavy atom. The molecule has 142 valence electrons. The summed E-state index contributed by atoms with van der Waals surface area (Å²) in [5.41, 5.74) is 3.20. The van der Waals surface area contributed by atoms with E-state index in [0.29, 0.717) is 19.0 Å². The van der Waals surface area contributed by atoms with Gasteiger partial charge in [0.15, 0.2) is 0 Å². The first-order valence-electron chi connectivity index (χ1n) is 9.12. The van der Waals surface area contributed by atoms with Gasteiger partial charge in [-0.3, -0.25) is 4.68 Å². The summed E-state index contributed by atoms with van der Waals surface area (Å²) in [5, 5.41) is 10.3. The van der Waals surface area contributed by atoms with E-state index in [4.69, 9.17) is 4.74 Å². The first kappa shape index (κ1) is 19.8. The number of amides is 2. The molecule has 0 bridgehead atoms. The van der Waals surface area contributed by atoms with E-state index in [-0.39, 0.29) is 12.1 Å². The smallest absolute Gasteiger partial charge is 0.315 e. The van der Waals surface area contributed by atoms with Crippen LogP contribution in [0.2, 0.25) is 0 Å². The van der Waals surface area contributed by atoms with Crippen molar-refractivity contribution in [3.05, 3.63) is 47.3 Å². The van der Waals surface area contributed by atoms with E-state index in [2.05, 4.69) is 28.7 Å². The highest BCUT2D eigenvalue weighted by Gasteiger charge is 2.09. The number of nitrogens with zero attached hydrogens (tertiary/aromatic N) is 2. The van der Waals surface area contributed by atoms with Crippen molar-refractivity contribution >= 4 is 6.03 Å². The maximum atomic E-state index is 12.0. The molecule has 0 radical (unpaired) electrons. The summed E-state index contributed by atoms with van der Waals surface area (Å²) in [7, 11) is 0. The van der Waals surface area contributed by atoms with Gasteiger partial charge in [-0.15, -0.1) is 0 Å². The van der Waals surface area contributed by atoms with Crippen molar-refractivity contribution in [2.24, 2.45) is 5.92 Å². The molecule has 1 unspecified atom stereocenters. The number of urea groups is 1. The quantitative estimate of drug-likeness (QED) is 0.760. The van der Waals surface area contributed by atoms with Crippen LogP contribution < -0.4 is 15.4 Å². The minimum atomic E-state index is -0.160. The zero-order valence-corrected chi connectivity index (χ0v) is 16.4. The summed E-state index contributed by atoms with van der Waals surface area (Å²) in [6.45, 7) is 12.0. The summed E-state index contributed by atoms with van der Waals surface area (Å²) in [6, 6.07) is 9.67. The van der Waals surface area contributed by atoms with E-state index in [1.807, 2.05) is 56.6 Å². The molecule has 0 aliphatic carbocycles. The van der Waals surface area contributed by atoms with Crippen LogP contribution >= 0.6 is 0 Å². The Morgan fingerprint density at radius 1 is 1.15 bits per heavy atom. The normalized spacial score (nSPS) is 12.1. The summed E-state index contributed by atoms with van der Waals surface area (Å²) in [5.74, 6) is 1.14. The van der Waals surface area contributed by atoms with E-state index in [9.17, 15) is 4.79 Å². The van der Waals surface area contributed by atoms with Crippen LogP contribution in [0.4, 0.5) is 4.79 Å². The number of rotatable bonds is 8. The van der Waals surface area contributed by atoms with Gasteiger partial charge in [0, 0.05) is 25.3 Å². The van der Waals surface area contributed by atoms with Gasteiger partial charge in [-0.2, -0.15) is 5.10 Å². The van der Waals surface area contributed by atoms with Crippen molar-refractivity contribution in [1.82, 2.24) is 20.4 Å². The van der Waals surface area contributed by atoms with Gasteiger partial charge in [0.25, 0.3) is 0 Å². The van der Waals surface area contributed by atoms with Crippen molar-refractivity contribution in [1.29, 1.82) is 0 Å². The molecule has 2 N–H and O–H groups in total. The van der Waals surface area contributed by atoms with Crippen LogP contribution in [-0.2, 0) is 13.1 Å². The average molecular weight is 358 g/mol. The number of aromatic nitrogens is 2. The Labute approximate surface area is 155 Å². The molecule has 26 heavy (non-hydrogen) atoms. The lowest BCUT2D eigenvalue weighted by atomic mass is 10.2. The number of hydrogen-bond donors (Lipinski definition) is 2. The monoisotopic (exact) mass is 358 g/mol. The fourth-order valence-electron chi connectivity index (χ4n) is 2.69. The largest absolute Gasteiger partial charge is 0.491 e. The topological polar surface area (TPSA) is 68.2 Å². The van der Waals surface area contributed by atoms with Crippen molar-refractivity contribution in [3.63, 3.8) is 0 Å². The number of carbonyl (C=O) groups is 1. The van der Waals surface area contributed by atoms with E-state index >= 15 is 0 Å². The molecule has 2 rings (SSSR count). The molecule has 1 heterocycles. The highest BCUT2D eigenvalue weighted by atomic mass is 16.5. The number of nitrogens with one attached hydrogen (secondary N) is 2. The summed E-state index contributed by atoms with van der Waals surface area (Å²) in [4.78, 5) is 12.0. The standard InChI is InChI=1S/C20H30N4O2/c1-14(2)26-19-8-6-18(7-9-19)12-22-20(25)21-11-15(3)13-24-17(5)10-16(4)23-24/h6-10,14-15H,11-13H2,1-5H3,(H2,21,22,25). The second-order valence-corrected chi connectivity index (χ2v) is 7.09. The zero-order valence-electron chi connectivity index (χ0n) is 16.4. The van der Waals surface area contributed by atoms with E-state index in [1.54, 1.807) is 0 Å². The molecule has 2 amide bonds. The molecule has 0 saturated heterocycles. The Bertz CT molecular complexity index is 707. The molecule has 2 aromatic rings. The van der Waals surface area contributed by atoms with Crippen LogP contribution in [0.25, 0.3) is 0 Å². The van der Waals surface area contributed by atoms with Crippen LogP contribution in [0, 0.1) is 19.8 Å². The molecular formula is C20H30N4O2. The molecule has 0 saturated carbocycles. The van der Waals surface area contributed by atoms with Crippen LogP contribution in [0.15, 0.2) is 30.3 Å². The average Bonchev–Trinajstić information content (AvgIpc) is 2.89. The maximum absolute atomic E-state index is 12.0. The van der Waals surface area contributed by atoms with Crippen molar-refractivity contribution < 1.29 is 9.53 Å². The minimum Gasteiger partial charge on any atom is -0.491 e. The molecule has 0 aliphatic heterocycles. The zero-order chi connectivity index (χ0) is 19.1. The summed E-state index contributed by atoms with van der Waals surface area (Å²) >= 11 is 0. The highest BCUT2D eigenvalue weighted by Crippen LogP contribution is 2.13. The van der Waals surface area contributed by atoms with Crippen LogP contribution in [0.5, 0.6) is 5.75 Å². The molecular weight excluding hydrogens is 328 g/mol. The van der Waals surface area contributed by atoms with Crippen LogP contribution in [0.3, 0.4) is 0 Å². The third-order valence-electron chi connectivity index (χ3n) is 3.95. The molecule has 6 heteroatoms. The second kappa shape index (κ2) is 9.27. The molecule has 1 atom stereocenters. The van der Waals surface area contributed by atoms with Gasteiger partial charge in [-0.25, -0.2) is 4.79 Å². The molecule has 0 fully saturated rings.